The van der Waals surface area contributed by atoms with Gasteiger partial charge in [-0.1, -0.05) is 27.7 Å². The summed E-state index contributed by atoms with van der Waals surface area (Å²) in [5.41, 5.74) is 5.47. The zero-order chi connectivity index (χ0) is 11.0. The molecule has 0 radical (unpaired) electrons. The highest BCUT2D eigenvalue weighted by atomic mass is 14.9. The van der Waals surface area contributed by atoms with E-state index in [0.717, 1.165) is 43.8 Å². The first-order valence-electron chi connectivity index (χ1n) is 5.98. The van der Waals surface area contributed by atoms with Gasteiger partial charge in [0.15, 0.2) is 0 Å². The smallest absolute Gasteiger partial charge is 0.00206 e. The van der Waals surface area contributed by atoms with Crippen LogP contribution in [0.5, 0.6) is 0 Å². The monoisotopic (exact) mass is 200 g/mol. The summed E-state index contributed by atoms with van der Waals surface area (Å²) in [6, 6.07) is 0. The van der Waals surface area contributed by atoms with Crippen LogP contribution in [-0.2, 0) is 0 Å². The van der Waals surface area contributed by atoms with Gasteiger partial charge in [0.05, 0.1) is 0 Å². The zero-order valence-electron chi connectivity index (χ0n) is 10.3. The Morgan fingerprint density at radius 2 is 1.71 bits per heavy atom. The molecule has 0 aliphatic heterocycles. The lowest BCUT2D eigenvalue weighted by molar-refractivity contribution is 0.371. The van der Waals surface area contributed by atoms with E-state index in [4.69, 9.17) is 5.73 Å². The van der Waals surface area contributed by atoms with Crippen molar-refractivity contribution >= 4 is 0 Å². The first-order valence-corrected chi connectivity index (χ1v) is 5.98. The van der Waals surface area contributed by atoms with Crippen molar-refractivity contribution in [2.24, 2.45) is 23.5 Å². The number of nitrogens with one attached hydrogen (secondary N) is 1. The van der Waals surface area contributed by atoms with Crippen LogP contribution in [0.15, 0.2) is 0 Å². The first-order chi connectivity index (χ1) is 6.57. The fourth-order valence-corrected chi connectivity index (χ4v) is 1.36. The van der Waals surface area contributed by atoms with Crippen molar-refractivity contribution in [2.75, 3.05) is 19.6 Å². The Kier molecular flexibility index (Phi) is 8.20. The third-order valence-corrected chi connectivity index (χ3v) is 3.00. The molecule has 0 rings (SSSR count). The summed E-state index contributed by atoms with van der Waals surface area (Å²) in [6.45, 7) is 12.3. The maximum Gasteiger partial charge on any atom is -0.00206 e. The highest BCUT2D eigenvalue weighted by molar-refractivity contribution is 4.63. The molecular weight excluding hydrogens is 172 g/mol. The SMILES string of the molecule is CC(CCCN)CNCC(C)C(C)C. The van der Waals surface area contributed by atoms with Gasteiger partial charge in [-0.3, -0.25) is 0 Å². The van der Waals surface area contributed by atoms with Gasteiger partial charge in [0.1, 0.15) is 0 Å². The molecule has 0 aliphatic carbocycles. The van der Waals surface area contributed by atoms with E-state index in [-0.39, 0.29) is 0 Å². The van der Waals surface area contributed by atoms with Crippen molar-refractivity contribution < 1.29 is 0 Å². The normalized spacial score (nSPS) is 15.9. The Hall–Kier alpha value is -0.0800. The number of hydrogen-bond donors (Lipinski definition) is 2. The van der Waals surface area contributed by atoms with Gasteiger partial charge in [0, 0.05) is 0 Å². The quantitative estimate of drug-likeness (QED) is 0.630. The minimum atomic E-state index is 0.762. The van der Waals surface area contributed by atoms with Crippen molar-refractivity contribution in [3.8, 4) is 0 Å². The van der Waals surface area contributed by atoms with E-state index in [9.17, 15) is 0 Å². The fraction of sp³-hybridized carbons (Fsp3) is 1.00. The molecule has 2 heteroatoms. The molecule has 0 amide bonds. The molecule has 0 aliphatic rings. The van der Waals surface area contributed by atoms with Crippen LogP contribution in [-0.4, -0.2) is 19.6 Å². The Morgan fingerprint density at radius 3 is 2.21 bits per heavy atom. The lowest BCUT2D eigenvalue weighted by Gasteiger charge is -2.18. The van der Waals surface area contributed by atoms with E-state index in [1.165, 1.54) is 6.42 Å². The van der Waals surface area contributed by atoms with E-state index < -0.39 is 0 Å². The van der Waals surface area contributed by atoms with Crippen LogP contribution in [0.2, 0.25) is 0 Å². The standard InChI is InChI=1S/C12H28N2/c1-10(2)12(4)9-14-8-11(3)6-5-7-13/h10-12,14H,5-9,13H2,1-4H3. The molecule has 0 bridgehead atoms. The summed E-state index contributed by atoms with van der Waals surface area (Å²) in [6.07, 6.45) is 2.40. The highest BCUT2D eigenvalue weighted by Crippen LogP contribution is 2.08. The minimum Gasteiger partial charge on any atom is -0.330 e. The second kappa shape index (κ2) is 8.25. The number of hydrogen-bond acceptors (Lipinski definition) is 2. The van der Waals surface area contributed by atoms with Gasteiger partial charge in [0.25, 0.3) is 0 Å². The largest absolute Gasteiger partial charge is 0.330 e. The average molecular weight is 200 g/mol. The van der Waals surface area contributed by atoms with Crippen LogP contribution < -0.4 is 11.1 Å². The van der Waals surface area contributed by atoms with Gasteiger partial charge < -0.3 is 11.1 Å². The number of rotatable bonds is 8. The molecule has 3 N–H and O–H groups in total. The third kappa shape index (κ3) is 7.34. The summed E-state index contributed by atoms with van der Waals surface area (Å²) >= 11 is 0. The van der Waals surface area contributed by atoms with E-state index in [1.807, 2.05) is 0 Å². The molecule has 2 unspecified atom stereocenters. The Bertz CT molecular complexity index is 123. The van der Waals surface area contributed by atoms with Gasteiger partial charge in [-0.05, 0) is 50.2 Å². The van der Waals surface area contributed by atoms with Crippen molar-refractivity contribution in [2.45, 2.75) is 40.5 Å². The molecule has 0 spiro atoms. The van der Waals surface area contributed by atoms with Crippen LogP contribution in [0.1, 0.15) is 40.5 Å². The van der Waals surface area contributed by atoms with Crippen molar-refractivity contribution in [3.05, 3.63) is 0 Å². The molecule has 0 aromatic carbocycles. The topological polar surface area (TPSA) is 38.0 Å². The number of nitrogens with two attached hydrogens (primary N) is 1. The zero-order valence-corrected chi connectivity index (χ0v) is 10.3. The van der Waals surface area contributed by atoms with E-state index in [2.05, 4.69) is 33.0 Å². The minimum absolute atomic E-state index is 0.762. The molecule has 0 aromatic heterocycles. The maximum absolute atomic E-state index is 5.47. The summed E-state index contributed by atoms with van der Waals surface area (Å²) in [5, 5.41) is 3.53. The summed E-state index contributed by atoms with van der Waals surface area (Å²) in [7, 11) is 0. The predicted molar refractivity (Wildman–Crippen MR) is 64.3 cm³/mol. The van der Waals surface area contributed by atoms with E-state index >= 15 is 0 Å². The molecule has 86 valence electrons. The molecule has 2 atom stereocenters. The molecule has 0 saturated carbocycles. The van der Waals surface area contributed by atoms with Crippen LogP contribution in [0.25, 0.3) is 0 Å². The van der Waals surface area contributed by atoms with Crippen molar-refractivity contribution in [1.29, 1.82) is 0 Å². The lowest BCUT2D eigenvalue weighted by atomic mass is 9.98. The van der Waals surface area contributed by atoms with Gasteiger partial charge in [-0.25, -0.2) is 0 Å². The lowest BCUT2D eigenvalue weighted by Crippen LogP contribution is -2.28. The second-order valence-electron chi connectivity index (χ2n) is 4.92. The summed E-state index contributed by atoms with van der Waals surface area (Å²) in [5.74, 6) is 2.32. The Balaban J connectivity index is 3.34. The van der Waals surface area contributed by atoms with Gasteiger partial charge in [-0.2, -0.15) is 0 Å². The molecule has 14 heavy (non-hydrogen) atoms. The van der Waals surface area contributed by atoms with Crippen molar-refractivity contribution in [3.63, 3.8) is 0 Å². The van der Waals surface area contributed by atoms with Crippen LogP contribution >= 0.6 is 0 Å². The van der Waals surface area contributed by atoms with Gasteiger partial charge in [-0.15, -0.1) is 0 Å². The molecular formula is C12H28N2. The van der Waals surface area contributed by atoms with E-state index in [1.54, 1.807) is 0 Å². The van der Waals surface area contributed by atoms with Crippen LogP contribution in [0, 0.1) is 17.8 Å². The second-order valence-corrected chi connectivity index (χ2v) is 4.92. The molecule has 2 nitrogen and oxygen atoms in total. The summed E-state index contributed by atoms with van der Waals surface area (Å²) < 4.78 is 0. The molecule has 0 saturated heterocycles. The predicted octanol–water partition coefficient (Wildman–Crippen LogP) is 2.24. The molecule has 0 heterocycles. The van der Waals surface area contributed by atoms with Crippen molar-refractivity contribution in [1.82, 2.24) is 5.32 Å². The Labute approximate surface area is 89.6 Å². The average Bonchev–Trinajstić information content (AvgIpc) is 2.14. The first kappa shape index (κ1) is 13.9. The van der Waals surface area contributed by atoms with Crippen LogP contribution in [0.4, 0.5) is 0 Å². The molecule has 0 fully saturated rings. The third-order valence-electron chi connectivity index (χ3n) is 3.00. The van der Waals surface area contributed by atoms with Crippen LogP contribution in [0.3, 0.4) is 0 Å². The highest BCUT2D eigenvalue weighted by Gasteiger charge is 2.07. The Morgan fingerprint density at radius 1 is 1.07 bits per heavy atom. The van der Waals surface area contributed by atoms with Gasteiger partial charge >= 0.3 is 0 Å². The van der Waals surface area contributed by atoms with E-state index in [0.29, 0.717) is 0 Å². The molecule has 0 aromatic rings. The summed E-state index contributed by atoms with van der Waals surface area (Å²) in [4.78, 5) is 0. The fourth-order valence-electron chi connectivity index (χ4n) is 1.36. The van der Waals surface area contributed by atoms with Gasteiger partial charge in [0.2, 0.25) is 0 Å². The maximum atomic E-state index is 5.47.